The van der Waals surface area contributed by atoms with E-state index in [-0.39, 0.29) is 16.3 Å². The molecule has 0 saturated carbocycles. The zero-order valence-electron chi connectivity index (χ0n) is 8.23. The van der Waals surface area contributed by atoms with E-state index < -0.39 is 16.4 Å². The molecule has 7 heteroatoms. The Bertz CT molecular complexity index is 668. The molecule has 0 amide bonds. The maximum absolute atomic E-state index is 11.6. The maximum Gasteiger partial charge on any atom is 0.323 e. The predicted molar refractivity (Wildman–Crippen MR) is 58.1 cm³/mol. The normalized spacial score (nSPS) is 12.1. The summed E-state index contributed by atoms with van der Waals surface area (Å²) in [7, 11) is -3.48. The number of aliphatic hydroxyl groups is 1. The van der Waals surface area contributed by atoms with Crippen LogP contribution in [0.1, 0.15) is 0 Å². The Morgan fingerprint density at radius 3 is 2.56 bits per heavy atom. The average molecular weight is 242 g/mol. The Kier molecular flexibility index (Phi) is 2.56. The zero-order valence-corrected chi connectivity index (χ0v) is 9.04. The average Bonchev–Trinajstić information content (AvgIpc) is 2.56. The van der Waals surface area contributed by atoms with Crippen LogP contribution in [0.2, 0.25) is 0 Å². The first kappa shape index (κ1) is 10.9. The van der Waals surface area contributed by atoms with Crippen molar-refractivity contribution in [3.63, 3.8) is 0 Å². The van der Waals surface area contributed by atoms with Gasteiger partial charge in [-0.25, -0.2) is 13.2 Å². The van der Waals surface area contributed by atoms with E-state index >= 15 is 0 Å². The molecule has 2 rings (SSSR count). The lowest BCUT2D eigenvalue weighted by Gasteiger charge is -2.01. The molecule has 0 spiro atoms. The third-order valence-corrected chi connectivity index (χ3v) is 3.90. The second-order valence-electron chi connectivity index (χ2n) is 3.33. The topological polar surface area (TPSA) is 103 Å². The lowest BCUT2D eigenvalue weighted by molar-refractivity contribution is 0.319. The predicted octanol–water partition coefficient (Wildman–Crippen LogP) is -0.378. The molecule has 1 aromatic heterocycles. The van der Waals surface area contributed by atoms with E-state index in [0.717, 1.165) is 0 Å². The summed E-state index contributed by atoms with van der Waals surface area (Å²) in [6.07, 6.45) is 0. The van der Waals surface area contributed by atoms with Gasteiger partial charge in [-0.3, -0.25) is 0 Å². The lowest BCUT2D eigenvalue weighted by Crippen LogP contribution is -2.09. The number of aliphatic hydroxyl groups excluding tert-OH is 1. The number of imidazole rings is 1. The standard InChI is InChI=1S/C9H10N2O4S/c12-3-4-16(14,15)6-1-2-7-8(5-6)11-9(13)10-7/h1-2,5,12H,3-4H2,(H2,10,11,13). The summed E-state index contributed by atoms with van der Waals surface area (Å²) >= 11 is 0. The van der Waals surface area contributed by atoms with E-state index in [1.807, 2.05) is 0 Å². The first-order valence-electron chi connectivity index (χ1n) is 4.58. The number of H-pyrrole nitrogens is 2. The van der Waals surface area contributed by atoms with Crippen LogP contribution in [0.25, 0.3) is 11.0 Å². The van der Waals surface area contributed by atoms with Gasteiger partial charge in [0.25, 0.3) is 0 Å². The summed E-state index contributed by atoms with van der Waals surface area (Å²) in [6, 6.07) is 4.28. The number of sulfone groups is 1. The highest BCUT2D eigenvalue weighted by atomic mass is 32.2. The van der Waals surface area contributed by atoms with Crippen molar-refractivity contribution < 1.29 is 13.5 Å². The largest absolute Gasteiger partial charge is 0.395 e. The number of aromatic nitrogens is 2. The number of nitrogens with one attached hydrogen (secondary N) is 2. The maximum atomic E-state index is 11.6. The number of fused-ring (bicyclic) bond motifs is 1. The van der Waals surface area contributed by atoms with Crippen molar-refractivity contribution in [1.29, 1.82) is 0 Å². The lowest BCUT2D eigenvalue weighted by atomic mass is 10.3. The molecule has 0 atom stereocenters. The van der Waals surface area contributed by atoms with Gasteiger partial charge in [-0.2, -0.15) is 0 Å². The van der Waals surface area contributed by atoms with E-state index in [1.54, 1.807) is 0 Å². The van der Waals surface area contributed by atoms with Crippen LogP contribution < -0.4 is 5.69 Å². The van der Waals surface area contributed by atoms with Crippen LogP contribution in [-0.2, 0) is 9.84 Å². The molecule has 0 bridgehead atoms. The Morgan fingerprint density at radius 1 is 1.19 bits per heavy atom. The Balaban J connectivity index is 2.59. The van der Waals surface area contributed by atoms with Crippen LogP contribution in [-0.4, -0.2) is 35.9 Å². The molecule has 2 aromatic rings. The minimum Gasteiger partial charge on any atom is -0.395 e. The Hall–Kier alpha value is -1.60. The SMILES string of the molecule is O=c1[nH]c2ccc(S(=O)(=O)CCO)cc2[nH]1. The number of rotatable bonds is 3. The number of benzene rings is 1. The fourth-order valence-electron chi connectivity index (χ4n) is 1.44. The van der Waals surface area contributed by atoms with Crippen LogP contribution in [0.15, 0.2) is 27.9 Å². The summed E-state index contributed by atoms with van der Waals surface area (Å²) in [4.78, 5) is 16.1. The molecular weight excluding hydrogens is 232 g/mol. The molecule has 0 fully saturated rings. The van der Waals surface area contributed by atoms with Crippen molar-refractivity contribution in [2.45, 2.75) is 4.90 Å². The molecular formula is C9H10N2O4S. The molecule has 1 aromatic carbocycles. The summed E-state index contributed by atoms with van der Waals surface area (Å²) < 4.78 is 23.2. The van der Waals surface area contributed by atoms with Gasteiger partial charge in [0, 0.05) is 0 Å². The minimum absolute atomic E-state index is 0.0873. The molecule has 0 aliphatic rings. The van der Waals surface area contributed by atoms with Gasteiger partial charge >= 0.3 is 5.69 Å². The third-order valence-electron chi connectivity index (χ3n) is 2.21. The fraction of sp³-hybridized carbons (Fsp3) is 0.222. The van der Waals surface area contributed by atoms with Crippen LogP contribution >= 0.6 is 0 Å². The fourth-order valence-corrected chi connectivity index (χ4v) is 2.49. The third kappa shape index (κ3) is 1.86. The molecule has 86 valence electrons. The second kappa shape index (κ2) is 3.76. The molecule has 3 N–H and O–H groups in total. The van der Waals surface area contributed by atoms with E-state index in [2.05, 4.69) is 9.97 Å². The van der Waals surface area contributed by atoms with Crippen molar-refractivity contribution in [2.75, 3.05) is 12.4 Å². The first-order chi connectivity index (χ1) is 7.53. The van der Waals surface area contributed by atoms with Gasteiger partial charge < -0.3 is 15.1 Å². The molecule has 6 nitrogen and oxygen atoms in total. The summed E-state index contributed by atoms with van der Waals surface area (Å²) in [5, 5.41) is 8.64. The number of hydrogen-bond donors (Lipinski definition) is 3. The van der Waals surface area contributed by atoms with Crippen LogP contribution in [0.3, 0.4) is 0 Å². The Morgan fingerprint density at radius 2 is 1.88 bits per heavy atom. The van der Waals surface area contributed by atoms with E-state index in [4.69, 9.17) is 5.11 Å². The highest BCUT2D eigenvalue weighted by Crippen LogP contribution is 2.15. The molecule has 0 radical (unpaired) electrons. The zero-order chi connectivity index (χ0) is 11.8. The van der Waals surface area contributed by atoms with E-state index in [9.17, 15) is 13.2 Å². The number of aromatic amines is 2. The van der Waals surface area contributed by atoms with Crippen LogP contribution in [0.5, 0.6) is 0 Å². The highest BCUT2D eigenvalue weighted by Gasteiger charge is 2.14. The molecule has 0 aliphatic carbocycles. The van der Waals surface area contributed by atoms with Gasteiger partial charge in [-0.1, -0.05) is 0 Å². The monoisotopic (exact) mass is 242 g/mol. The molecule has 0 unspecified atom stereocenters. The molecule has 16 heavy (non-hydrogen) atoms. The van der Waals surface area contributed by atoms with Crippen molar-refractivity contribution >= 4 is 20.9 Å². The van der Waals surface area contributed by atoms with Crippen LogP contribution in [0, 0.1) is 0 Å². The summed E-state index contributed by atoms with van der Waals surface area (Å²) in [5.74, 6) is -0.326. The van der Waals surface area contributed by atoms with Gasteiger partial charge in [0.2, 0.25) is 0 Å². The van der Waals surface area contributed by atoms with E-state index in [1.165, 1.54) is 18.2 Å². The first-order valence-corrected chi connectivity index (χ1v) is 6.24. The van der Waals surface area contributed by atoms with Crippen molar-refractivity contribution in [3.05, 3.63) is 28.7 Å². The van der Waals surface area contributed by atoms with Gasteiger partial charge in [-0.05, 0) is 18.2 Å². The van der Waals surface area contributed by atoms with Crippen molar-refractivity contribution in [2.24, 2.45) is 0 Å². The minimum atomic E-state index is -3.48. The summed E-state index contributed by atoms with van der Waals surface area (Å²) in [6.45, 7) is -0.427. The van der Waals surface area contributed by atoms with Gasteiger partial charge in [0.15, 0.2) is 9.84 Å². The van der Waals surface area contributed by atoms with Gasteiger partial charge in [-0.15, -0.1) is 0 Å². The van der Waals surface area contributed by atoms with E-state index in [0.29, 0.717) is 11.0 Å². The van der Waals surface area contributed by atoms with Gasteiger partial charge in [0.05, 0.1) is 28.3 Å². The smallest absolute Gasteiger partial charge is 0.323 e. The van der Waals surface area contributed by atoms with Crippen molar-refractivity contribution in [1.82, 2.24) is 9.97 Å². The second-order valence-corrected chi connectivity index (χ2v) is 5.44. The van der Waals surface area contributed by atoms with Crippen molar-refractivity contribution in [3.8, 4) is 0 Å². The van der Waals surface area contributed by atoms with Crippen LogP contribution in [0.4, 0.5) is 0 Å². The molecule has 0 saturated heterocycles. The Labute approximate surface area is 90.9 Å². The quantitative estimate of drug-likeness (QED) is 0.682. The summed E-state index contributed by atoms with van der Waals surface area (Å²) in [5.41, 5.74) is 0.601. The highest BCUT2D eigenvalue weighted by molar-refractivity contribution is 7.91. The molecule has 0 aliphatic heterocycles. The van der Waals surface area contributed by atoms with Gasteiger partial charge in [0.1, 0.15) is 0 Å². The number of hydrogen-bond acceptors (Lipinski definition) is 4. The molecule has 1 heterocycles.